The molecule has 0 saturated carbocycles. The third-order valence-electron chi connectivity index (χ3n) is 3.71. The lowest BCUT2D eigenvalue weighted by Gasteiger charge is -2.34. The maximum Gasteiger partial charge on any atom is 0.147 e. The molecule has 19 heavy (non-hydrogen) atoms. The highest BCUT2D eigenvalue weighted by Gasteiger charge is 2.18. The van der Waals surface area contributed by atoms with Crippen LogP contribution in [0.5, 0.6) is 0 Å². The molecule has 0 spiro atoms. The highest BCUT2D eigenvalue weighted by atomic mass is 16.3. The number of piperazine rings is 1. The Morgan fingerprint density at radius 2 is 1.74 bits per heavy atom. The van der Waals surface area contributed by atoms with Crippen LogP contribution in [0.3, 0.4) is 0 Å². The van der Waals surface area contributed by atoms with Crippen LogP contribution in [0.25, 0.3) is 0 Å². The Kier molecular flexibility index (Phi) is 5.30. The van der Waals surface area contributed by atoms with E-state index >= 15 is 0 Å². The van der Waals surface area contributed by atoms with Crippen molar-refractivity contribution in [1.82, 2.24) is 24.6 Å². The van der Waals surface area contributed by atoms with Crippen LogP contribution in [0.1, 0.15) is 25.0 Å². The molecule has 1 saturated heterocycles. The first kappa shape index (κ1) is 14.4. The second-order valence-corrected chi connectivity index (χ2v) is 5.16. The molecule has 0 radical (unpaired) electrons. The third kappa shape index (κ3) is 3.75. The largest absolute Gasteiger partial charge is 0.395 e. The zero-order valence-corrected chi connectivity index (χ0v) is 12.0. The van der Waals surface area contributed by atoms with Crippen molar-refractivity contribution in [2.24, 2.45) is 0 Å². The minimum atomic E-state index is 0.254. The molecule has 0 aliphatic carbocycles. The van der Waals surface area contributed by atoms with E-state index in [1.807, 2.05) is 6.92 Å². The molecule has 108 valence electrons. The summed E-state index contributed by atoms with van der Waals surface area (Å²) < 4.78 is 2.22. The van der Waals surface area contributed by atoms with Gasteiger partial charge in [0.05, 0.1) is 13.2 Å². The van der Waals surface area contributed by atoms with Gasteiger partial charge >= 0.3 is 0 Å². The molecule has 1 N–H and O–H groups in total. The molecule has 1 fully saturated rings. The predicted octanol–water partition coefficient (Wildman–Crippen LogP) is 0.106. The number of hydrogen-bond acceptors (Lipinski definition) is 5. The third-order valence-corrected chi connectivity index (χ3v) is 3.71. The van der Waals surface area contributed by atoms with Crippen molar-refractivity contribution in [3.05, 3.63) is 11.6 Å². The quantitative estimate of drug-likeness (QED) is 0.792. The van der Waals surface area contributed by atoms with Crippen LogP contribution in [-0.2, 0) is 13.1 Å². The fourth-order valence-electron chi connectivity index (χ4n) is 2.57. The first-order chi connectivity index (χ1) is 9.24. The van der Waals surface area contributed by atoms with Crippen molar-refractivity contribution in [3.8, 4) is 0 Å². The Morgan fingerprint density at radius 3 is 2.37 bits per heavy atom. The number of rotatable bonds is 6. The lowest BCUT2D eigenvalue weighted by Crippen LogP contribution is -2.46. The van der Waals surface area contributed by atoms with E-state index in [2.05, 4.69) is 31.5 Å². The average molecular weight is 267 g/mol. The van der Waals surface area contributed by atoms with E-state index in [0.29, 0.717) is 0 Å². The van der Waals surface area contributed by atoms with E-state index < -0.39 is 0 Å². The van der Waals surface area contributed by atoms with Crippen LogP contribution in [0, 0.1) is 6.92 Å². The van der Waals surface area contributed by atoms with Crippen LogP contribution >= 0.6 is 0 Å². The number of nitrogens with zero attached hydrogens (tertiary/aromatic N) is 5. The Labute approximate surface area is 115 Å². The molecule has 0 aromatic carbocycles. The van der Waals surface area contributed by atoms with E-state index in [1.165, 1.54) is 0 Å². The standard InChI is InChI=1S/C13H25N5O/c1-3-4-18-12(2)14-15-13(18)11-17-7-5-16(6-8-17)9-10-19/h19H,3-11H2,1-2H3. The number of β-amino-alcohol motifs (C(OH)–C–C–N with tert-alkyl or cyclic N) is 1. The monoisotopic (exact) mass is 267 g/mol. The molecule has 1 aromatic rings. The van der Waals surface area contributed by atoms with Crippen molar-refractivity contribution < 1.29 is 5.11 Å². The molecule has 0 bridgehead atoms. The van der Waals surface area contributed by atoms with Crippen LogP contribution in [0.15, 0.2) is 0 Å². The molecule has 1 aromatic heterocycles. The fraction of sp³-hybridized carbons (Fsp3) is 0.846. The SMILES string of the molecule is CCCn1c(C)nnc1CN1CCN(CCO)CC1. The van der Waals surface area contributed by atoms with Gasteiger partial charge < -0.3 is 9.67 Å². The molecule has 6 nitrogen and oxygen atoms in total. The van der Waals surface area contributed by atoms with E-state index in [-0.39, 0.29) is 6.61 Å². The van der Waals surface area contributed by atoms with Crippen molar-refractivity contribution in [2.45, 2.75) is 33.4 Å². The Morgan fingerprint density at radius 1 is 1.05 bits per heavy atom. The van der Waals surface area contributed by atoms with Crippen LogP contribution in [0.4, 0.5) is 0 Å². The Bertz CT molecular complexity index is 384. The van der Waals surface area contributed by atoms with Gasteiger partial charge in [0.25, 0.3) is 0 Å². The summed E-state index contributed by atoms with van der Waals surface area (Å²) in [5.74, 6) is 2.09. The Hall–Kier alpha value is -0.980. The van der Waals surface area contributed by atoms with Gasteiger partial charge in [0.2, 0.25) is 0 Å². The summed E-state index contributed by atoms with van der Waals surface area (Å²) >= 11 is 0. The molecular weight excluding hydrogens is 242 g/mol. The highest BCUT2D eigenvalue weighted by Crippen LogP contribution is 2.09. The molecule has 1 aliphatic heterocycles. The summed E-state index contributed by atoms with van der Waals surface area (Å²) in [6.07, 6.45) is 1.11. The summed E-state index contributed by atoms with van der Waals surface area (Å²) in [5, 5.41) is 17.4. The molecule has 0 atom stereocenters. The van der Waals surface area contributed by atoms with Gasteiger partial charge in [-0.05, 0) is 13.3 Å². The highest BCUT2D eigenvalue weighted by molar-refractivity contribution is 4.94. The minimum absolute atomic E-state index is 0.254. The molecular formula is C13H25N5O. The van der Waals surface area contributed by atoms with Crippen molar-refractivity contribution in [3.63, 3.8) is 0 Å². The molecule has 1 aliphatic rings. The van der Waals surface area contributed by atoms with Gasteiger partial charge in [-0.3, -0.25) is 9.80 Å². The fourth-order valence-corrected chi connectivity index (χ4v) is 2.57. The van der Waals surface area contributed by atoms with Crippen molar-refractivity contribution in [2.75, 3.05) is 39.3 Å². The summed E-state index contributed by atoms with van der Waals surface area (Å²) in [6.45, 7) is 11.3. The van der Waals surface area contributed by atoms with E-state index in [1.54, 1.807) is 0 Å². The van der Waals surface area contributed by atoms with E-state index in [0.717, 1.165) is 63.9 Å². The van der Waals surface area contributed by atoms with Crippen molar-refractivity contribution >= 4 is 0 Å². The maximum atomic E-state index is 8.94. The molecule has 0 amide bonds. The lowest BCUT2D eigenvalue weighted by atomic mass is 10.3. The predicted molar refractivity (Wildman–Crippen MR) is 73.9 cm³/mol. The van der Waals surface area contributed by atoms with Gasteiger partial charge in [-0.2, -0.15) is 0 Å². The smallest absolute Gasteiger partial charge is 0.147 e. The number of aliphatic hydroxyl groups excluding tert-OH is 1. The van der Waals surface area contributed by atoms with Crippen LogP contribution in [-0.4, -0.2) is 69.0 Å². The van der Waals surface area contributed by atoms with Crippen LogP contribution < -0.4 is 0 Å². The normalized spacial score (nSPS) is 18.1. The van der Waals surface area contributed by atoms with Gasteiger partial charge in [-0.1, -0.05) is 6.92 Å². The van der Waals surface area contributed by atoms with E-state index in [4.69, 9.17) is 5.11 Å². The first-order valence-corrected chi connectivity index (χ1v) is 7.18. The average Bonchev–Trinajstić information content (AvgIpc) is 2.75. The summed E-state index contributed by atoms with van der Waals surface area (Å²) in [6, 6.07) is 0. The van der Waals surface area contributed by atoms with Gasteiger partial charge in [0, 0.05) is 39.3 Å². The van der Waals surface area contributed by atoms with Gasteiger partial charge in [-0.15, -0.1) is 10.2 Å². The first-order valence-electron chi connectivity index (χ1n) is 7.18. The Balaban J connectivity index is 1.88. The zero-order chi connectivity index (χ0) is 13.7. The number of hydrogen-bond donors (Lipinski definition) is 1. The minimum Gasteiger partial charge on any atom is -0.395 e. The molecule has 0 unspecified atom stereocenters. The molecule has 2 heterocycles. The number of aryl methyl sites for hydroxylation is 1. The van der Waals surface area contributed by atoms with Crippen molar-refractivity contribution in [1.29, 1.82) is 0 Å². The summed E-state index contributed by atoms with van der Waals surface area (Å²) in [7, 11) is 0. The number of aliphatic hydroxyl groups is 1. The van der Waals surface area contributed by atoms with Gasteiger partial charge in [0.15, 0.2) is 0 Å². The summed E-state index contributed by atoms with van der Waals surface area (Å²) in [4.78, 5) is 4.72. The molecule has 2 rings (SSSR count). The zero-order valence-electron chi connectivity index (χ0n) is 12.0. The van der Waals surface area contributed by atoms with Crippen LogP contribution in [0.2, 0.25) is 0 Å². The van der Waals surface area contributed by atoms with E-state index in [9.17, 15) is 0 Å². The summed E-state index contributed by atoms with van der Waals surface area (Å²) in [5.41, 5.74) is 0. The molecule has 6 heteroatoms. The topological polar surface area (TPSA) is 57.4 Å². The maximum absolute atomic E-state index is 8.94. The van der Waals surface area contributed by atoms with Gasteiger partial charge in [0.1, 0.15) is 11.6 Å². The lowest BCUT2D eigenvalue weighted by molar-refractivity contribution is 0.106. The number of aromatic nitrogens is 3. The second kappa shape index (κ2) is 6.98. The van der Waals surface area contributed by atoms with Gasteiger partial charge in [-0.25, -0.2) is 0 Å². The second-order valence-electron chi connectivity index (χ2n) is 5.16.